The highest BCUT2D eigenvalue weighted by Gasteiger charge is 2.57. The van der Waals surface area contributed by atoms with Crippen LogP contribution in [-0.4, -0.2) is 23.7 Å². The van der Waals surface area contributed by atoms with Crippen LogP contribution in [0.5, 0.6) is 0 Å². The molecular formula is C18H18N2O4. The molecule has 1 saturated carbocycles. The van der Waals surface area contributed by atoms with E-state index in [1.54, 1.807) is 24.3 Å². The lowest BCUT2D eigenvalue weighted by Crippen LogP contribution is -2.53. The Morgan fingerprint density at radius 1 is 0.917 bits per heavy atom. The number of nitrogens with two attached hydrogens (primary N) is 2. The Bertz CT molecular complexity index is 743. The predicted molar refractivity (Wildman–Crippen MR) is 89.3 cm³/mol. The highest BCUT2D eigenvalue weighted by molar-refractivity contribution is 5.75. The summed E-state index contributed by atoms with van der Waals surface area (Å²) in [4.78, 5) is 22.6. The molecule has 0 heterocycles. The number of nitrogen functional groups attached to an aromatic ring is 2. The van der Waals surface area contributed by atoms with E-state index in [2.05, 4.69) is 0 Å². The van der Waals surface area contributed by atoms with Crippen molar-refractivity contribution in [3.8, 4) is 0 Å². The molecule has 2 aromatic carbocycles. The summed E-state index contributed by atoms with van der Waals surface area (Å²) in [6, 6.07) is 14.3. The van der Waals surface area contributed by atoms with Crippen LogP contribution >= 0.6 is 0 Å². The molecule has 1 aliphatic carbocycles. The number of aliphatic carboxylic acids is 1. The predicted octanol–water partition coefficient (Wildman–Crippen LogP) is 1.97. The van der Waals surface area contributed by atoms with E-state index in [1.807, 2.05) is 24.3 Å². The first-order chi connectivity index (χ1) is 11.5. The number of carbonyl (C=O) groups excluding carboxylic acids is 1. The summed E-state index contributed by atoms with van der Waals surface area (Å²) in [5.74, 6) is -2.35. The van der Waals surface area contributed by atoms with E-state index < -0.39 is 18.0 Å². The van der Waals surface area contributed by atoms with Crippen LogP contribution in [-0.2, 0) is 14.3 Å². The molecule has 0 spiro atoms. The number of hydrogen-bond acceptors (Lipinski definition) is 5. The van der Waals surface area contributed by atoms with Crippen molar-refractivity contribution in [2.24, 2.45) is 5.92 Å². The van der Waals surface area contributed by atoms with Gasteiger partial charge >= 0.3 is 5.97 Å². The smallest absolute Gasteiger partial charge is 0.310 e. The molecule has 6 heteroatoms. The Balaban J connectivity index is 2.03. The van der Waals surface area contributed by atoms with E-state index in [0.717, 1.165) is 11.1 Å². The monoisotopic (exact) mass is 326 g/mol. The first kappa shape index (κ1) is 15.9. The van der Waals surface area contributed by atoms with Gasteiger partial charge in [-0.15, -0.1) is 0 Å². The molecule has 2 aromatic rings. The molecule has 5 N–H and O–H groups in total. The van der Waals surface area contributed by atoms with E-state index in [4.69, 9.17) is 16.2 Å². The maximum atomic E-state index is 11.7. The van der Waals surface area contributed by atoms with Crippen LogP contribution in [0.2, 0.25) is 0 Å². The fourth-order valence-electron chi connectivity index (χ4n) is 3.49. The lowest BCUT2D eigenvalue weighted by Gasteiger charge is -2.49. The Kier molecular flexibility index (Phi) is 4.12. The third-order valence-corrected chi connectivity index (χ3v) is 4.62. The highest BCUT2D eigenvalue weighted by Crippen LogP contribution is 2.55. The van der Waals surface area contributed by atoms with Gasteiger partial charge in [0.15, 0.2) is 0 Å². The molecule has 0 bridgehead atoms. The second kappa shape index (κ2) is 6.23. The van der Waals surface area contributed by atoms with Gasteiger partial charge in [-0.3, -0.25) is 9.59 Å². The minimum absolute atomic E-state index is 0.250. The van der Waals surface area contributed by atoms with Gasteiger partial charge in [0.25, 0.3) is 6.47 Å². The molecule has 0 amide bonds. The lowest BCUT2D eigenvalue weighted by atomic mass is 9.57. The topological polar surface area (TPSA) is 116 Å². The van der Waals surface area contributed by atoms with Crippen LogP contribution < -0.4 is 11.5 Å². The molecule has 6 nitrogen and oxygen atoms in total. The van der Waals surface area contributed by atoms with Crippen molar-refractivity contribution in [2.45, 2.75) is 17.9 Å². The maximum absolute atomic E-state index is 11.7. The summed E-state index contributed by atoms with van der Waals surface area (Å²) in [6.07, 6.45) is -0.717. The van der Waals surface area contributed by atoms with Crippen LogP contribution in [0.4, 0.5) is 11.4 Å². The Morgan fingerprint density at radius 2 is 1.38 bits per heavy atom. The van der Waals surface area contributed by atoms with Gasteiger partial charge in [0.1, 0.15) is 12.0 Å². The number of benzene rings is 2. The minimum Gasteiger partial charge on any atom is -0.481 e. The van der Waals surface area contributed by atoms with Crippen molar-refractivity contribution in [3.63, 3.8) is 0 Å². The zero-order chi connectivity index (χ0) is 17.3. The molecule has 4 atom stereocenters. The number of carboxylic acids is 1. The fraction of sp³-hybridized carbons (Fsp3) is 0.222. The summed E-state index contributed by atoms with van der Waals surface area (Å²) < 4.78 is 5.11. The molecule has 0 aromatic heterocycles. The number of anilines is 2. The first-order valence-electron chi connectivity index (χ1n) is 7.55. The third-order valence-electron chi connectivity index (χ3n) is 4.62. The van der Waals surface area contributed by atoms with E-state index >= 15 is 0 Å². The van der Waals surface area contributed by atoms with Gasteiger partial charge in [0.05, 0.1) is 0 Å². The number of ether oxygens (including phenoxy) is 1. The molecule has 0 radical (unpaired) electrons. The molecule has 0 unspecified atom stereocenters. The van der Waals surface area contributed by atoms with Gasteiger partial charge in [-0.25, -0.2) is 0 Å². The van der Waals surface area contributed by atoms with E-state index in [9.17, 15) is 14.7 Å². The second-order valence-corrected chi connectivity index (χ2v) is 5.95. The van der Waals surface area contributed by atoms with Crippen LogP contribution in [0.15, 0.2) is 48.5 Å². The van der Waals surface area contributed by atoms with Gasteiger partial charge in [-0.05, 0) is 35.4 Å². The fourth-order valence-corrected chi connectivity index (χ4v) is 3.49. The van der Waals surface area contributed by atoms with Gasteiger partial charge in [-0.2, -0.15) is 0 Å². The van der Waals surface area contributed by atoms with Gasteiger partial charge in [0, 0.05) is 23.2 Å². The Labute approximate surface area is 139 Å². The van der Waals surface area contributed by atoms with Gasteiger partial charge < -0.3 is 21.3 Å². The zero-order valence-corrected chi connectivity index (χ0v) is 12.8. The van der Waals surface area contributed by atoms with Crippen molar-refractivity contribution < 1.29 is 19.4 Å². The average molecular weight is 326 g/mol. The summed E-state index contributed by atoms with van der Waals surface area (Å²) in [6.45, 7) is 0.310. The van der Waals surface area contributed by atoms with Gasteiger partial charge in [0.2, 0.25) is 0 Å². The van der Waals surface area contributed by atoms with Crippen molar-refractivity contribution in [1.82, 2.24) is 0 Å². The number of hydrogen-bond donors (Lipinski definition) is 3. The molecule has 0 saturated heterocycles. The van der Waals surface area contributed by atoms with E-state index in [1.165, 1.54) is 0 Å². The number of rotatable bonds is 5. The zero-order valence-electron chi connectivity index (χ0n) is 12.8. The Hall–Kier alpha value is -3.02. The van der Waals surface area contributed by atoms with Crippen molar-refractivity contribution in [1.29, 1.82) is 0 Å². The second-order valence-electron chi connectivity index (χ2n) is 5.95. The first-order valence-corrected chi connectivity index (χ1v) is 7.55. The molecule has 0 aliphatic heterocycles. The quantitative estimate of drug-likeness (QED) is 0.571. The van der Waals surface area contributed by atoms with E-state index in [-0.39, 0.29) is 11.8 Å². The van der Waals surface area contributed by atoms with Gasteiger partial charge in [-0.1, -0.05) is 24.3 Å². The van der Waals surface area contributed by atoms with Crippen molar-refractivity contribution in [2.75, 3.05) is 11.5 Å². The SMILES string of the molecule is Nc1ccc([C@@H]2[C@@H](OC=O)[C@H](C(=O)O)[C@H]2c2ccc(N)cc2)cc1. The average Bonchev–Trinajstić information content (AvgIpc) is 2.54. The van der Waals surface area contributed by atoms with E-state index in [0.29, 0.717) is 17.8 Å². The molecule has 124 valence electrons. The summed E-state index contributed by atoms with van der Waals surface area (Å²) in [5.41, 5.74) is 14.4. The molecule has 24 heavy (non-hydrogen) atoms. The normalized spacial score (nSPS) is 25.5. The number of carbonyl (C=O) groups is 2. The standard InChI is InChI=1S/C18H18N2O4/c19-12-5-1-10(2-6-12)14-15(11-3-7-13(20)8-4-11)17(24-9-21)16(14)18(22)23/h1-9,14-17H,19-20H2,(H,22,23)/t14-,15-,16+,17+/m0/s1. The Morgan fingerprint density at radius 3 is 1.79 bits per heavy atom. The minimum atomic E-state index is -0.990. The van der Waals surface area contributed by atoms with Crippen LogP contribution in [0.1, 0.15) is 23.0 Å². The lowest BCUT2D eigenvalue weighted by molar-refractivity contribution is -0.166. The molecule has 1 aliphatic rings. The van der Waals surface area contributed by atoms with Crippen LogP contribution in [0, 0.1) is 5.92 Å². The van der Waals surface area contributed by atoms with Crippen molar-refractivity contribution in [3.05, 3.63) is 59.7 Å². The molecule has 1 fully saturated rings. The highest BCUT2D eigenvalue weighted by atomic mass is 16.5. The third kappa shape index (κ3) is 2.67. The molecule has 3 rings (SSSR count). The largest absolute Gasteiger partial charge is 0.481 e. The number of carboxylic acid groups (broad SMARTS) is 1. The molecular weight excluding hydrogens is 308 g/mol. The summed E-state index contributed by atoms with van der Waals surface area (Å²) in [5, 5.41) is 9.58. The summed E-state index contributed by atoms with van der Waals surface area (Å²) >= 11 is 0. The van der Waals surface area contributed by atoms with Crippen molar-refractivity contribution >= 4 is 23.8 Å². The summed E-state index contributed by atoms with van der Waals surface area (Å²) in [7, 11) is 0. The maximum Gasteiger partial charge on any atom is 0.310 e. The van der Waals surface area contributed by atoms with Crippen LogP contribution in [0.3, 0.4) is 0 Å². The van der Waals surface area contributed by atoms with Crippen LogP contribution in [0.25, 0.3) is 0 Å².